The van der Waals surface area contributed by atoms with Crippen LogP contribution in [0.25, 0.3) is 11.2 Å². The molecule has 1 aliphatic rings. The Bertz CT molecular complexity index is 798. The van der Waals surface area contributed by atoms with E-state index in [4.69, 9.17) is 20.7 Å². The summed E-state index contributed by atoms with van der Waals surface area (Å²) in [6, 6.07) is 3.59. The maximum absolute atomic E-state index is 9.93. The van der Waals surface area contributed by atoms with E-state index < -0.39 is 12.3 Å². The van der Waals surface area contributed by atoms with Gasteiger partial charge in [0.15, 0.2) is 17.7 Å². The zero-order chi connectivity index (χ0) is 17.1. The van der Waals surface area contributed by atoms with Crippen LogP contribution < -0.4 is 5.73 Å². The molecule has 2 radical (unpaired) electrons. The Hall–Kier alpha value is -1.45. The standard InChI is InChI=1S/C10H13N5O3.C4H4OSe.Se/c11-8-7-9(13-3-12-8)15(4-14-7)10-6(17)1-5(2-16)18-10;5-4-2-1-3-6-4;/h3-6,10,16-17H,1-2H2,(H2,11,12,13);1-3,5H;/t5-,6+,10+;;/m0../s1. The van der Waals surface area contributed by atoms with E-state index >= 15 is 0 Å². The van der Waals surface area contributed by atoms with Gasteiger partial charge in [-0.2, -0.15) is 0 Å². The van der Waals surface area contributed by atoms with Crippen molar-refractivity contribution in [2.75, 3.05) is 12.3 Å². The molecule has 0 saturated carbocycles. The minimum atomic E-state index is -0.712. The molecule has 1 fully saturated rings. The third kappa shape index (κ3) is 4.39. The van der Waals surface area contributed by atoms with Gasteiger partial charge in [0.25, 0.3) is 0 Å². The summed E-state index contributed by atoms with van der Waals surface area (Å²) in [6.07, 6.45) is 1.52. The number of fused-ring (bicyclic) bond motifs is 1. The van der Waals surface area contributed by atoms with E-state index in [-0.39, 0.29) is 50.1 Å². The van der Waals surface area contributed by atoms with Crippen LogP contribution in [0.3, 0.4) is 0 Å². The predicted octanol–water partition coefficient (Wildman–Crippen LogP) is -0.882. The molecule has 134 valence electrons. The summed E-state index contributed by atoms with van der Waals surface area (Å²) in [7, 11) is 0. The average molecular weight is 477 g/mol. The molecule has 4 heterocycles. The number of nitrogens with two attached hydrogens (primary N) is 1. The molecule has 0 spiro atoms. The van der Waals surface area contributed by atoms with Crippen LogP contribution >= 0.6 is 0 Å². The first kappa shape index (κ1) is 19.9. The van der Waals surface area contributed by atoms with Gasteiger partial charge < -0.3 is 20.7 Å². The first-order chi connectivity index (χ1) is 11.6. The number of rotatable bonds is 2. The van der Waals surface area contributed by atoms with Gasteiger partial charge in [0.2, 0.25) is 0 Å². The molecule has 3 aromatic heterocycles. The average Bonchev–Trinajstić information content (AvgIpc) is 3.28. The Morgan fingerprint density at radius 2 is 2.16 bits per heavy atom. The molecule has 4 rings (SSSR count). The van der Waals surface area contributed by atoms with E-state index in [9.17, 15) is 5.11 Å². The summed E-state index contributed by atoms with van der Waals surface area (Å²) in [4.78, 5) is 14.0. The second kappa shape index (κ2) is 8.77. The first-order valence-electron chi connectivity index (χ1n) is 7.20. The number of nitrogens with zero attached hydrogens (tertiary/aromatic N) is 4. The third-order valence-electron chi connectivity index (χ3n) is 3.54. The molecule has 3 atom stereocenters. The Balaban J connectivity index is 0.000000275. The summed E-state index contributed by atoms with van der Waals surface area (Å²) in [5.41, 5.74) is 6.66. The molecule has 0 aromatic carbocycles. The van der Waals surface area contributed by atoms with E-state index in [2.05, 4.69) is 15.0 Å². The van der Waals surface area contributed by atoms with Crippen LogP contribution in [0.2, 0.25) is 0 Å². The van der Waals surface area contributed by atoms with Crippen LogP contribution in [-0.2, 0) is 4.74 Å². The van der Waals surface area contributed by atoms with Crippen molar-refractivity contribution in [3.63, 3.8) is 0 Å². The van der Waals surface area contributed by atoms with Gasteiger partial charge in [0.05, 0.1) is 19.0 Å². The molecule has 0 unspecified atom stereocenters. The first-order valence-corrected chi connectivity index (χ1v) is 9.04. The summed E-state index contributed by atoms with van der Waals surface area (Å²) in [6.45, 7) is -0.128. The normalized spacial score (nSPS) is 22.2. The molecule has 5 N–H and O–H groups in total. The molecule has 9 nitrogen and oxygen atoms in total. The van der Waals surface area contributed by atoms with Crippen molar-refractivity contribution in [3.05, 3.63) is 29.7 Å². The van der Waals surface area contributed by atoms with E-state index in [0.29, 0.717) is 22.2 Å². The van der Waals surface area contributed by atoms with Crippen LogP contribution in [0.4, 0.5) is 5.82 Å². The number of hydrogen-bond donors (Lipinski definition) is 4. The molecular weight excluding hydrogens is 460 g/mol. The Labute approximate surface area is 159 Å². The van der Waals surface area contributed by atoms with E-state index in [1.54, 1.807) is 10.6 Å². The maximum atomic E-state index is 9.93. The van der Waals surface area contributed by atoms with Gasteiger partial charge in [-0.15, -0.1) is 0 Å². The van der Waals surface area contributed by atoms with E-state index in [0.717, 1.165) is 0 Å². The minimum absolute atomic E-state index is 0. The summed E-state index contributed by atoms with van der Waals surface area (Å²) >= 11 is 0.264. The fourth-order valence-electron chi connectivity index (χ4n) is 2.42. The minimum Gasteiger partial charge on any atom is 0 e. The maximum Gasteiger partial charge on any atom is 0 e. The summed E-state index contributed by atoms with van der Waals surface area (Å²) in [5, 5.41) is 27.5. The van der Waals surface area contributed by atoms with Crippen molar-refractivity contribution in [2.45, 2.75) is 24.9 Å². The predicted molar refractivity (Wildman–Crippen MR) is 92.2 cm³/mol. The summed E-state index contributed by atoms with van der Waals surface area (Å²) < 4.78 is 7.67. The molecule has 25 heavy (non-hydrogen) atoms. The smallest absolute Gasteiger partial charge is 0 e. The number of imidazole rings is 1. The summed E-state index contributed by atoms with van der Waals surface area (Å²) in [5.74, 6) is 0.282. The van der Waals surface area contributed by atoms with Crippen LogP contribution in [0.5, 0.6) is 4.62 Å². The molecule has 11 heteroatoms. The van der Waals surface area contributed by atoms with Crippen LogP contribution in [0.1, 0.15) is 12.6 Å². The van der Waals surface area contributed by atoms with Crippen LogP contribution in [0, 0.1) is 0 Å². The number of aromatic nitrogens is 4. The number of hydrogen-bond acceptors (Lipinski definition) is 8. The van der Waals surface area contributed by atoms with E-state index in [1.807, 2.05) is 11.0 Å². The fraction of sp³-hybridized carbons (Fsp3) is 0.357. The Kier molecular flexibility index (Phi) is 6.97. The van der Waals surface area contributed by atoms with Crippen molar-refractivity contribution in [1.29, 1.82) is 0 Å². The number of ether oxygens (including phenoxy) is 1. The van der Waals surface area contributed by atoms with Crippen molar-refractivity contribution in [3.8, 4) is 4.62 Å². The second-order valence-corrected chi connectivity index (χ2v) is 7.11. The van der Waals surface area contributed by atoms with Gasteiger partial charge in [0, 0.05) is 23.5 Å². The number of nitrogen functional groups attached to an aromatic ring is 1. The second-order valence-electron chi connectivity index (χ2n) is 5.17. The monoisotopic (exact) mass is 479 g/mol. The van der Waals surface area contributed by atoms with Crippen LogP contribution in [-0.4, -0.2) is 85.2 Å². The molecule has 3 aromatic rings. The molecular formula is C14H17N5O4Se2. The van der Waals surface area contributed by atoms with Crippen molar-refractivity contribution < 1.29 is 20.1 Å². The Morgan fingerprint density at radius 1 is 1.36 bits per heavy atom. The van der Waals surface area contributed by atoms with Gasteiger partial charge in [-0.25, -0.2) is 15.0 Å². The van der Waals surface area contributed by atoms with Gasteiger partial charge in [-0.1, -0.05) is 0 Å². The fourth-order valence-corrected chi connectivity index (χ4v) is 3.38. The SMILES string of the molecule is Nc1ncnc2c1ncn2[C@@H]1O[C@H](CO)C[C@H]1O.Oc1ccc[se]1.[Se]. The molecule has 0 bridgehead atoms. The molecule has 1 saturated heterocycles. The molecule has 0 amide bonds. The number of aliphatic hydroxyl groups is 2. The zero-order valence-corrected chi connectivity index (χ0v) is 16.4. The van der Waals surface area contributed by atoms with E-state index in [1.165, 1.54) is 12.7 Å². The zero-order valence-electron chi connectivity index (χ0n) is 13.0. The molecule has 1 aliphatic heterocycles. The topological polar surface area (TPSA) is 140 Å². The van der Waals surface area contributed by atoms with Gasteiger partial charge >= 0.3 is 41.3 Å². The van der Waals surface area contributed by atoms with Gasteiger partial charge in [-0.3, -0.25) is 4.57 Å². The third-order valence-corrected chi connectivity index (χ3v) is 4.94. The van der Waals surface area contributed by atoms with Gasteiger partial charge in [0.1, 0.15) is 17.9 Å². The van der Waals surface area contributed by atoms with Crippen molar-refractivity contribution in [1.82, 2.24) is 19.5 Å². The molecule has 0 aliphatic carbocycles. The largest absolute Gasteiger partial charge is 0 e. The van der Waals surface area contributed by atoms with Crippen molar-refractivity contribution in [2.24, 2.45) is 0 Å². The number of aromatic hydroxyl groups is 1. The van der Waals surface area contributed by atoms with Crippen molar-refractivity contribution >= 4 is 48.6 Å². The number of anilines is 1. The van der Waals surface area contributed by atoms with Gasteiger partial charge in [-0.05, 0) is 0 Å². The number of aliphatic hydroxyl groups excluding tert-OH is 2. The Morgan fingerprint density at radius 3 is 2.72 bits per heavy atom. The van der Waals surface area contributed by atoms with Crippen LogP contribution in [0.15, 0.2) is 29.7 Å². The quantitative estimate of drug-likeness (QED) is 0.349.